The van der Waals surface area contributed by atoms with Crippen molar-refractivity contribution in [2.45, 2.75) is 90.2 Å². The smallest absolute Gasteiger partial charge is 0.371 e. The van der Waals surface area contributed by atoms with Gasteiger partial charge in [0, 0.05) is 31.9 Å². The number of hydrogen-bond donors (Lipinski definition) is 0. The normalized spacial score (nSPS) is 16.3. The molecule has 234 valence electrons. The quantitative estimate of drug-likeness (QED) is 0.233. The number of aromatic nitrogens is 4. The maximum Gasteiger partial charge on any atom is 0.416 e. The number of rotatable bonds is 9. The number of hydrogen-bond acceptors (Lipinski definition) is 5. The molecule has 1 saturated carbocycles. The van der Waals surface area contributed by atoms with E-state index in [1.807, 2.05) is 0 Å². The van der Waals surface area contributed by atoms with E-state index in [2.05, 4.69) is 39.4 Å². The molecule has 3 aromatic rings. The van der Waals surface area contributed by atoms with Gasteiger partial charge in [-0.15, -0.1) is 5.10 Å². The van der Waals surface area contributed by atoms with E-state index >= 15 is 0 Å². The highest BCUT2D eigenvalue weighted by molar-refractivity contribution is 5.59. The number of tetrazole rings is 1. The number of alkyl halides is 6. The largest absolute Gasteiger partial charge is 0.416 e. The molecule has 0 spiro atoms. The molecule has 2 aliphatic rings. The van der Waals surface area contributed by atoms with Crippen molar-refractivity contribution >= 4 is 11.6 Å². The van der Waals surface area contributed by atoms with Crippen LogP contribution in [0.1, 0.15) is 85.3 Å². The zero-order valence-corrected chi connectivity index (χ0v) is 24.6. The summed E-state index contributed by atoms with van der Waals surface area (Å²) < 4.78 is 81.9. The molecule has 2 aromatic carbocycles. The van der Waals surface area contributed by atoms with Crippen molar-refractivity contribution < 1.29 is 26.3 Å². The molecule has 0 unspecified atom stereocenters. The lowest BCUT2D eigenvalue weighted by Gasteiger charge is -2.34. The molecule has 0 atom stereocenters. The van der Waals surface area contributed by atoms with Gasteiger partial charge in [0.25, 0.3) is 5.95 Å². The van der Waals surface area contributed by atoms with Crippen LogP contribution in [0.25, 0.3) is 0 Å². The highest BCUT2D eigenvalue weighted by Crippen LogP contribution is 2.38. The van der Waals surface area contributed by atoms with Crippen molar-refractivity contribution in [3.05, 3.63) is 63.7 Å². The number of aryl methyl sites for hydroxylation is 3. The zero-order chi connectivity index (χ0) is 30.8. The molecule has 1 fully saturated rings. The van der Waals surface area contributed by atoms with Crippen LogP contribution < -0.4 is 9.80 Å². The van der Waals surface area contributed by atoms with Gasteiger partial charge < -0.3 is 9.80 Å². The van der Waals surface area contributed by atoms with E-state index in [0.717, 1.165) is 62.2 Å². The van der Waals surface area contributed by atoms with Gasteiger partial charge in [0.2, 0.25) is 0 Å². The van der Waals surface area contributed by atoms with Crippen molar-refractivity contribution in [3.63, 3.8) is 0 Å². The molecule has 0 radical (unpaired) electrons. The van der Waals surface area contributed by atoms with Gasteiger partial charge >= 0.3 is 12.4 Å². The molecule has 0 N–H and O–H groups in total. The van der Waals surface area contributed by atoms with Crippen molar-refractivity contribution in [2.24, 2.45) is 13.0 Å². The average Bonchev–Trinajstić information content (AvgIpc) is 3.41. The third-order valence-electron chi connectivity index (χ3n) is 8.63. The van der Waals surface area contributed by atoms with Crippen molar-refractivity contribution in [3.8, 4) is 0 Å². The average molecular weight is 609 g/mol. The Hall–Kier alpha value is -3.31. The molecule has 6 nitrogen and oxygen atoms in total. The molecule has 43 heavy (non-hydrogen) atoms. The first-order chi connectivity index (χ1) is 20.4. The Kier molecular flexibility index (Phi) is 9.22. The maximum atomic E-state index is 13.7. The van der Waals surface area contributed by atoms with Gasteiger partial charge in [0.1, 0.15) is 0 Å². The van der Waals surface area contributed by atoms with E-state index < -0.39 is 23.5 Å². The fourth-order valence-corrected chi connectivity index (χ4v) is 6.46. The summed E-state index contributed by atoms with van der Waals surface area (Å²) in [6.45, 7) is 3.76. The Morgan fingerprint density at radius 1 is 0.791 bits per heavy atom. The summed E-state index contributed by atoms with van der Waals surface area (Å²) in [7, 11) is 1.56. The van der Waals surface area contributed by atoms with Gasteiger partial charge in [0.15, 0.2) is 0 Å². The van der Waals surface area contributed by atoms with Crippen LogP contribution in [0.15, 0.2) is 30.3 Å². The first-order valence-corrected chi connectivity index (χ1v) is 15.1. The predicted octanol–water partition coefficient (Wildman–Crippen LogP) is 7.74. The lowest BCUT2D eigenvalue weighted by atomic mass is 9.87. The van der Waals surface area contributed by atoms with Gasteiger partial charge in [0.05, 0.1) is 18.2 Å². The van der Waals surface area contributed by atoms with E-state index in [4.69, 9.17) is 0 Å². The standard InChI is InChI=1S/C31H38F6N6/c1-3-42(18-21-9-5-4-6-10-21)28-16-24-12-8-7-11-23(24)15-25(28)20-43(29-38-40-41(2)39-29)19-22-13-26(30(32,33)34)17-27(14-22)31(35,36)37/h13-17,21H,3-12,18-20H2,1-2H3. The van der Waals surface area contributed by atoms with Crippen LogP contribution in [0.2, 0.25) is 0 Å². The van der Waals surface area contributed by atoms with Gasteiger partial charge in [-0.2, -0.15) is 31.1 Å². The van der Waals surface area contributed by atoms with Gasteiger partial charge in [-0.3, -0.25) is 0 Å². The van der Waals surface area contributed by atoms with E-state index in [1.54, 1.807) is 11.9 Å². The summed E-state index contributed by atoms with van der Waals surface area (Å²) in [6, 6.07) is 6.12. The number of nitrogens with zero attached hydrogens (tertiary/aromatic N) is 6. The van der Waals surface area contributed by atoms with Crippen LogP contribution in [0, 0.1) is 5.92 Å². The molecule has 2 aliphatic carbocycles. The van der Waals surface area contributed by atoms with Crippen LogP contribution in [0.3, 0.4) is 0 Å². The molecule has 12 heteroatoms. The van der Waals surface area contributed by atoms with Crippen LogP contribution in [-0.2, 0) is 45.3 Å². The Balaban J connectivity index is 1.54. The molecule has 0 amide bonds. The third-order valence-corrected chi connectivity index (χ3v) is 8.63. The second-order valence-electron chi connectivity index (χ2n) is 11.8. The molecule has 1 heterocycles. The minimum Gasteiger partial charge on any atom is -0.371 e. The SMILES string of the molecule is CCN(CC1CCCCC1)c1cc2c(cc1CN(Cc1cc(C(F)(F)F)cc(C(F)(F)F)c1)c1nnn(C)n1)CCCC2. The van der Waals surface area contributed by atoms with Gasteiger partial charge in [-0.25, -0.2) is 0 Å². The van der Waals surface area contributed by atoms with E-state index in [1.165, 1.54) is 48.0 Å². The molecule has 0 saturated heterocycles. The fraction of sp³-hybridized carbons (Fsp3) is 0.581. The maximum absolute atomic E-state index is 13.7. The van der Waals surface area contributed by atoms with Crippen LogP contribution in [-0.4, -0.2) is 33.3 Å². The summed E-state index contributed by atoms with van der Waals surface area (Å²) in [5, 5.41) is 12.3. The fourth-order valence-electron chi connectivity index (χ4n) is 6.46. The van der Waals surface area contributed by atoms with Crippen LogP contribution in [0.5, 0.6) is 0 Å². The van der Waals surface area contributed by atoms with Gasteiger partial charge in [-0.1, -0.05) is 30.4 Å². The number of fused-ring (bicyclic) bond motifs is 1. The van der Waals surface area contributed by atoms with Crippen molar-refractivity contribution in [1.29, 1.82) is 0 Å². The minimum atomic E-state index is -4.93. The third kappa shape index (κ3) is 7.62. The Labute approximate surface area is 248 Å². The predicted molar refractivity (Wildman–Crippen MR) is 153 cm³/mol. The Bertz CT molecular complexity index is 1360. The summed E-state index contributed by atoms with van der Waals surface area (Å²) in [6.07, 6.45) is 0.331. The monoisotopic (exact) mass is 608 g/mol. The first kappa shape index (κ1) is 31.1. The van der Waals surface area contributed by atoms with Crippen molar-refractivity contribution in [2.75, 3.05) is 22.9 Å². The summed E-state index contributed by atoms with van der Waals surface area (Å²) in [5.41, 5.74) is 1.74. The Morgan fingerprint density at radius 3 is 1.98 bits per heavy atom. The number of halogens is 6. The molecular formula is C31H38F6N6. The highest BCUT2D eigenvalue weighted by atomic mass is 19.4. The minimum absolute atomic E-state index is 0.132. The van der Waals surface area contributed by atoms with Gasteiger partial charge in [-0.05, 0) is 103 Å². The second-order valence-corrected chi connectivity index (χ2v) is 11.8. The topological polar surface area (TPSA) is 50.1 Å². The second kappa shape index (κ2) is 12.7. The van der Waals surface area contributed by atoms with E-state index in [9.17, 15) is 26.3 Å². The lowest BCUT2D eigenvalue weighted by Crippen LogP contribution is -2.33. The molecule has 0 bridgehead atoms. The molecule has 5 rings (SSSR count). The highest BCUT2D eigenvalue weighted by Gasteiger charge is 2.37. The number of benzene rings is 2. The number of anilines is 2. The summed E-state index contributed by atoms with van der Waals surface area (Å²) in [4.78, 5) is 5.23. The van der Waals surface area contributed by atoms with Crippen LogP contribution in [0.4, 0.5) is 38.0 Å². The van der Waals surface area contributed by atoms with Crippen molar-refractivity contribution in [1.82, 2.24) is 20.2 Å². The Morgan fingerprint density at radius 2 is 1.42 bits per heavy atom. The van der Waals surface area contributed by atoms with E-state index in [0.29, 0.717) is 5.92 Å². The summed E-state index contributed by atoms with van der Waals surface area (Å²) >= 11 is 0. The van der Waals surface area contributed by atoms with E-state index in [-0.39, 0.29) is 30.7 Å². The van der Waals surface area contributed by atoms with Crippen LogP contribution >= 0.6 is 0 Å². The summed E-state index contributed by atoms with van der Waals surface area (Å²) in [5.74, 6) is 0.716. The lowest BCUT2D eigenvalue weighted by molar-refractivity contribution is -0.143. The molecular weight excluding hydrogens is 570 g/mol. The molecule has 1 aromatic heterocycles. The first-order valence-electron chi connectivity index (χ1n) is 15.1. The zero-order valence-electron chi connectivity index (χ0n) is 24.6. The molecule has 0 aliphatic heterocycles.